The van der Waals surface area contributed by atoms with E-state index in [-0.39, 0.29) is 0 Å². The summed E-state index contributed by atoms with van der Waals surface area (Å²) in [4.78, 5) is 4.75. The molecule has 1 aromatic heterocycles. The van der Waals surface area contributed by atoms with Gasteiger partial charge < -0.3 is 9.32 Å². The molecule has 0 saturated heterocycles. The van der Waals surface area contributed by atoms with E-state index in [0.717, 1.165) is 18.7 Å². The van der Waals surface area contributed by atoms with Crippen LogP contribution in [0.25, 0.3) is 10.4 Å². The number of hydrogen-bond donors (Lipinski definition) is 0. The van der Waals surface area contributed by atoms with Gasteiger partial charge in [-0.3, -0.25) is 0 Å². The summed E-state index contributed by atoms with van der Waals surface area (Å²) in [6, 6.07) is 1.92. The number of furan rings is 1. The fourth-order valence-corrected chi connectivity index (χ4v) is 1.03. The summed E-state index contributed by atoms with van der Waals surface area (Å²) in [5.41, 5.74) is 9.19. The summed E-state index contributed by atoms with van der Waals surface area (Å²) in [5, 5.41) is 3.46. The molecule has 0 N–H and O–H groups in total. The van der Waals surface area contributed by atoms with Crippen molar-refractivity contribution in [2.45, 2.75) is 6.54 Å². The molecule has 70 valence electrons. The number of azide groups is 1. The average molecular weight is 180 g/mol. The smallest absolute Gasteiger partial charge is 0.0947 e. The Morgan fingerprint density at radius 3 is 3.15 bits per heavy atom. The molecular formula is C8H12N4O. The zero-order valence-corrected chi connectivity index (χ0v) is 7.55. The lowest BCUT2D eigenvalue weighted by atomic mass is 10.3. The maximum absolute atomic E-state index is 8.06. The summed E-state index contributed by atoms with van der Waals surface area (Å²) in [6.07, 6.45) is 3.36. The zero-order chi connectivity index (χ0) is 9.52. The third kappa shape index (κ3) is 3.64. The molecule has 0 aliphatic carbocycles. The van der Waals surface area contributed by atoms with Gasteiger partial charge in [0.15, 0.2) is 0 Å². The zero-order valence-electron chi connectivity index (χ0n) is 7.55. The van der Waals surface area contributed by atoms with Gasteiger partial charge >= 0.3 is 0 Å². The predicted octanol–water partition coefficient (Wildman–Crippen LogP) is 2.02. The first kappa shape index (κ1) is 9.64. The molecule has 0 aliphatic rings. The maximum Gasteiger partial charge on any atom is 0.0947 e. The van der Waals surface area contributed by atoms with Crippen LogP contribution >= 0.6 is 0 Å². The van der Waals surface area contributed by atoms with Crippen molar-refractivity contribution < 1.29 is 4.42 Å². The first-order valence-corrected chi connectivity index (χ1v) is 4.03. The summed E-state index contributed by atoms with van der Waals surface area (Å²) >= 11 is 0. The van der Waals surface area contributed by atoms with Crippen molar-refractivity contribution >= 4 is 0 Å². The molecule has 0 radical (unpaired) electrons. The largest absolute Gasteiger partial charge is 0.472 e. The molecule has 0 atom stereocenters. The van der Waals surface area contributed by atoms with Gasteiger partial charge in [0.1, 0.15) is 0 Å². The Hall–Kier alpha value is -1.45. The van der Waals surface area contributed by atoms with Crippen LogP contribution in [0.3, 0.4) is 0 Å². The minimum atomic E-state index is 0.505. The summed E-state index contributed by atoms with van der Waals surface area (Å²) in [5.74, 6) is 0. The second-order valence-corrected chi connectivity index (χ2v) is 2.82. The van der Waals surface area contributed by atoms with Crippen LogP contribution in [0.1, 0.15) is 5.56 Å². The lowest BCUT2D eigenvalue weighted by Gasteiger charge is -2.13. The highest BCUT2D eigenvalue weighted by atomic mass is 16.3. The fourth-order valence-electron chi connectivity index (χ4n) is 1.03. The van der Waals surface area contributed by atoms with E-state index in [1.165, 1.54) is 0 Å². The molecule has 1 rings (SSSR count). The van der Waals surface area contributed by atoms with Crippen molar-refractivity contribution in [1.29, 1.82) is 0 Å². The summed E-state index contributed by atoms with van der Waals surface area (Å²) in [6.45, 7) is 2.08. The van der Waals surface area contributed by atoms with E-state index in [4.69, 9.17) is 9.95 Å². The van der Waals surface area contributed by atoms with Crippen molar-refractivity contribution in [1.82, 2.24) is 4.90 Å². The Morgan fingerprint density at radius 2 is 2.54 bits per heavy atom. The van der Waals surface area contributed by atoms with Crippen molar-refractivity contribution in [2.75, 3.05) is 20.1 Å². The van der Waals surface area contributed by atoms with Gasteiger partial charge in [0, 0.05) is 30.1 Å². The van der Waals surface area contributed by atoms with Gasteiger partial charge in [-0.05, 0) is 18.6 Å². The molecule has 5 nitrogen and oxygen atoms in total. The normalized spacial score (nSPS) is 10.0. The van der Waals surface area contributed by atoms with Gasteiger partial charge in [-0.1, -0.05) is 5.11 Å². The van der Waals surface area contributed by atoms with E-state index < -0.39 is 0 Å². The van der Waals surface area contributed by atoms with E-state index in [1.54, 1.807) is 12.5 Å². The highest BCUT2D eigenvalue weighted by Crippen LogP contribution is 2.02. The van der Waals surface area contributed by atoms with E-state index in [1.807, 2.05) is 13.1 Å². The van der Waals surface area contributed by atoms with Gasteiger partial charge in [-0.15, -0.1) is 0 Å². The second-order valence-electron chi connectivity index (χ2n) is 2.82. The van der Waals surface area contributed by atoms with E-state index in [2.05, 4.69) is 14.9 Å². The number of nitrogens with zero attached hydrogens (tertiary/aromatic N) is 4. The van der Waals surface area contributed by atoms with Gasteiger partial charge in [-0.25, -0.2) is 0 Å². The minimum absolute atomic E-state index is 0.505. The number of rotatable bonds is 5. The summed E-state index contributed by atoms with van der Waals surface area (Å²) < 4.78 is 4.93. The molecule has 0 aromatic carbocycles. The predicted molar refractivity (Wildman–Crippen MR) is 49.1 cm³/mol. The van der Waals surface area contributed by atoms with Crippen LogP contribution in [0.15, 0.2) is 28.1 Å². The monoisotopic (exact) mass is 180 g/mol. The molecule has 0 spiro atoms. The second kappa shape index (κ2) is 5.24. The molecule has 1 heterocycles. The third-order valence-corrected chi connectivity index (χ3v) is 1.68. The van der Waals surface area contributed by atoms with Crippen molar-refractivity contribution in [3.05, 3.63) is 34.6 Å². The van der Waals surface area contributed by atoms with Crippen molar-refractivity contribution in [2.24, 2.45) is 5.11 Å². The van der Waals surface area contributed by atoms with Crippen LogP contribution in [0.5, 0.6) is 0 Å². The maximum atomic E-state index is 8.06. The molecule has 0 aliphatic heterocycles. The molecule has 0 bridgehead atoms. The highest BCUT2D eigenvalue weighted by molar-refractivity contribution is 5.04. The van der Waals surface area contributed by atoms with Crippen LogP contribution < -0.4 is 0 Å². The number of likely N-dealkylation sites (N-methyl/N-ethyl adjacent to an activating group) is 1. The first-order chi connectivity index (χ1) is 6.33. The van der Waals surface area contributed by atoms with Gasteiger partial charge in [-0.2, -0.15) is 0 Å². The van der Waals surface area contributed by atoms with E-state index >= 15 is 0 Å². The number of hydrogen-bond acceptors (Lipinski definition) is 3. The van der Waals surface area contributed by atoms with Crippen LogP contribution in [-0.4, -0.2) is 25.0 Å². The quantitative estimate of drug-likeness (QED) is 0.395. The van der Waals surface area contributed by atoms with Crippen LogP contribution in [0.4, 0.5) is 0 Å². The summed E-state index contributed by atoms with van der Waals surface area (Å²) in [7, 11) is 1.97. The molecule has 1 aromatic rings. The molecule has 5 heteroatoms. The Morgan fingerprint density at radius 1 is 1.69 bits per heavy atom. The molecule has 0 fully saturated rings. The van der Waals surface area contributed by atoms with E-state index in [9.17, 15) is 0 Å². The lowest BCUT2D eigenvalue weighted by molar-refractivity contribution is 0.335. The third-order valence-electron chi connectivity index (χ3n) is 1.68. The lowest BCUT2D eigenvalue weighted by Crippen LogP contribution is -2.20. The Balaban J connectivity index is 2.25. The van der Waals surface area contributed by atoms with Crippen LogP contribution in [0, 0.1) is 0 Å². The van der Waals surface area contributed by atoms with E-state index in [0.29, 0.717) is 6.54 Å². The molecule has 0 saturated carbocycles. The highest BCUT2D eigenvalue weighted by Gasteiger charge is 1.99. The first-order valence-electron chi connectivity index (χ1n) is 4.03. The minimum Gasteiger partial charge on any atom is -0.472 e. The molecule has 0 unspecified atom stereocenters. The van der Waals surface area contributed by atoms with Crippen molar-refractivity contribution in [3.63, 3.8) is 0 Å². The van der Waals surface area contributed by atoms with Crippen LogP contribution in [0.2, 0.25) is 0 Å². The SMILES string of the molecule is CN(CCN=[N+]=[N-])Cc1ccoc1. The Kier molecular flexibility index (Phi) is 3.88. The molecule has 13 heavy (non-hydrogen) atoms. The molecular weight excluding hydrogens is 168 g/mol. The molecule has 0 amide bonds. The average Bonchev–Trinajstić information content (AvgIpc) is 2.57. The van der Waals surface area contributed by atoms with Crippen LogP contribution in [-0.2, 0) is 6.54 Å². The van der Waals surface area contributed by atoms with Gasteiger partial charge in [0.25, 0.3) is 0 Å². The van der Waals surface area contributed by atoms with Crippen molar-refractivity contribution in [3.8, 4) is 0 Å². The Bertz CT molecular complexity index is 276. The van der Waals surface area contributed by atoms with Gasteiger partial charge in [0.05, 0.1) is 12.5 Å². The standard InChI is InChI=1S/C8H12N4O/c1-12(4-3-10-11-9)6-8-2-5-13-7-8/h2,5,7H,3-4,6H2,1H3. The van der Waals surface area contributed by atoms with Gasteiger partial charge in [0.2, 0.25) is 0 Å². The topological polar surface area (TPSA) is 65.1 Å². The fraction of sp³-hybridized carbons (Fsp3) is 0.500. The Labute approximate surface area is 76.6 Å².